The second kappa shape index (κ2) is 12.9. The Morgan fingerprint density at radius 3 is 2.17 bits per heavy atom. The van der Waals surface area contributed by atoms with Gasteiger partial charge in [-0.1, -0.05) is 26.8 Å². The predicted octanol–water partition coefficient (Wildman–Crippen LogP) is 3.92. The third-order valence-corrected chi connectivity index (χ3v) is 1.09. The van der Waals surface area contributed by atoms with Crippen molar-refractivity contribution in [2.24, 2.45) is 0 Å². The number of ether oxygens (including phenoxy) is 1. The Morgan fingerprint density at radius 1 is 1.25 bits per heavy atom. The average Bonchev–Trinajstić information content (AvgIpc) is 2.15. The van der Waals surface area contributed by atoms with Crippen LogP contribution in [0.4, 0.5) is 0 Å². The number of rotatable bonds is 4. The summed E-state index contributed by atoms with van der Waals surface area (Å²) in [4.78, 5) is 0. The Morgan fingerprint density at radius 2 is 1.83 bits per heavy atom. The van der Waals surface area contributed by atoms with Crippen LogP contribution >= 0.6 is 0 Å². The minimum absolute atomic E-state index is 0.810. The van der Waals surface area contributed by atoms with Crippen LogP contribution in [0.15, 0.2) is 24.0 Å². The van der Waals surface area contributed by atoms with Crippen molar-refractivity contribution in [1.29, 1.82) is 0 Å². The topological polar surface area (TPSA) is 9.23 Å². The van der Waals surface area contributed by atoms with Gasteiger partial charge in [-0.15, -0.1) is 0 Å². The molecule has 0 heterocycles. The molecule has 12 heavy (non-hydrogen) atoms. The molecule has 0 N–H and O–H groups in total. The molecular formula is C11H22O. The summed E-state index contributed by atoms with van der Waals surface area (Å²) in [7, 11) is 0. The zero-order chi connectivity index (χ0) is 9.82. The van der Waals surface area contributed by atoms with Crippen LogP contribution in [-0.4, -0.2) is 6.61 Å². The second-order valence-corrected chi connectivity index (χ2v) is 2.04. The van der Waals surface area contributed by atoms with Gasteiger partial charge in [0.15, 0.2) is 0 Å². The first-order chi connectivity index (χ1) is 5.85. The zero-order valence-corrected chi connectivity index (χ0v) is 9.05. The highest BCUT2D eigenvalue weighted by molar-refractivity contribution is 5.09. The van der Waals surface area contributed by atoms with Crippen LogP contribution in [0.5, 0.6) is 0 Å². The van der Waals surface area contributed by atoms with E-state index in [-0.39, 0.29) is 0 Å². The molecule has 0 aromatic rings. The summed E-state index contributed by atoms with van der Waals surface area (Å²) >= 11 is 0. The maximum Gasteiger partial charge on any atom is 0.114 e. The van der Waals surface area contributed by atoms with E-state index in [2.05, 4.69) is 6.92 Å². The summed E-state index contributed by atoms with van der Waals surface area (Å²) in [5.41, 5.74) is 0. The van der Waals surface area contributed by atoms with Crippen LogP contribution in [0.25, 0.3) is 0 Å². The summed E-state index contributed by atoms with van der Waals surface area (Å²) in [6.45, 7) is 10.9. The maximum absolute atomic E-state index is 5.36. The van der Waals surface area contributed by atoms with Crippen molar-refractivity contribution in [3.63, 3.8) is 0 Å². The van der Waals surface area contributed by atoms with Gasteiger partial charge in [-0.2, -0.15) is 0 Å². The highest BCUT2D eigenvalue weighted by Crippen LogP contribution is 1.99. The van der Waals surface area contributed by atoms with Crippen LogP contribution in [-0.2, 0) is 4.74 Å². The normalized spacial score (nSPS) is 10.9. The third-order valence-electron chi connectivity index (χ3n) is 1.09. The molecule has 0 atom stereocenters. The Labute approximate surface area is 77.1 Å². The van der Waals surface area contributed by atoms with E-state index in [0.717, 1.165) is 18.8 Å². The van der Waals surface area contributed by atoms with Crippen molar-refractivity contribution in [3.8, 4) is 0 Å². The standard InChI is InChI=1S/C9H16O.C2H6/c1-4-7-9(6-3)10-8-5-2;1-2/h4,6-7H,5,8H2,1-3H3;1-2H3/b7-4-,9-6+;. The maximum atomic E-state index is 5.36. The van der Waals surface area contributed by atoms with E-state index in [9.17, 15) is 0 Å². The molecule has 0 unspecified atom stereocenters. The zero-order valence-electron chi connectivity index (χ0n) is 9.05. The largest absolute Gasteiger partial charge is 0.494 e. The van der Waals surface area contributed by atoms with Crippen molar-refractivity contribution in [1.82, 2.24) is 0 Å². The summed E-state index contributed by atoms with van der Waals surface area (Å²) < 4.78 is 5.36. The highest BCUT2D eigenvalue weighted by Gasteiger charge is 1.86. The van der Waals surface area contributed by atoms with Gasteiger partial charge in [0.1, 0.15) is 5.76 Å². The summed E-state index contributed by atoms with van der Waals surface area (Å²) in [6, 6.07) is 0. The van der Waals surface area contributed by atoms with Crippen LogP contribution in [0.1, 0.15) is 41.0 Å². The lowest BCUT2D eigenvalue weighted by atomic mass is 10.4. The van der Waals surface area contributed by atoms with E-state index >= 15 is 0 Å². The Balaban J connectivity index is 0. The number of hydrogen-bond donors (Lipinski definition) is 0. The molecule has 0 aliphatic heterocycles. The first kappa shape index (κ1) is 13.8. The number of allylic oxidation sites excluding steroid dienone is 3. The Bertz CT molecular complexity index is 123. The molecule has 0 aromatic heterocycles. The Hall–Kier alpha value is -0.720. The molecule has 1 heteroatoms. The van der Waals surface area contributed by atoms with E-state index in [1.54, 1.807) is 0 Å². The fourth-order valence-corrected chi connectivity index (χ4v) is 0.612. The van der Waals surface area contributed by atoms with Crippen molar-refractivity contribution in [2.75, 3.05) is 6.61 Å². The fraction of sp³-hybridized carbons (Fsp3) is 0.636. The lowest BCUT2D eigenvalue weighted by Crippen LogP contribution is -1.89. The minimum Gasteiger partial charge on any atom is -0.494 e. The lowest BCUT2D eigenvalue weighted by Gasteiger charge is -2.02. The Kier molecular flexibility index (Phi) is 14.9. The molecule has 0 amide bonds. The molecule has 0 aromatic carbocycles. The first-order valence-electron chi connectivity index (χ1n) is 4.77. The van der Waals surface area contributed by atoms with Gasteiger partial charge in [0.05, 0.1) is 6.61 Å². The van der Waals surface area contributed by atoms with Crippen molar-refractivity contribution >= 4 is 0 Å². The quantitative estimate of drug-likeness (QED) is 0.459. The second-order valence-electron chi connectivity index (χ2n) is 2.04. The summed E-state index contributed by atoms with van der Waals surface area (Å²) in [5, 5.41) is 0. The van der Waals surface area contributed by atoms with Gasteiger partial charge >= 0.3 is 0 Å². The van der Waals surface area contributed by atoms with E-state index in [4.69, 9.17) is 4.74 Å². The van der Waals surface area contributed by atoms with Crippen LogP contribution in [0.3, 0.4) is 0 Å². The van der Waals surface area contributed by atoms with Crippen LogP contribution in [0, 0.1) is 0 Å². The smallest absolute Gasteiger partial charge is 0.114 e. The molecule has 0 aliphatic rings. The van der Waals surface area contributed by atoms with Crippen molar-refractivity contribution < 1.29 is 4.74 Å². The molecular weight excluding hydrogens is 148 g/mol. The van der Waals surface area contributed by atoms with Gasteiger partial charge in [-0.25, -0.2) is 0 Å². The first-order valence-corrected chi connectivity index (χ1v) is 4.77. The van der Waals surface area contributed by atoms with Crippen molar-refractivity contribution in [3.05, 3.63) is 24.0 Å². The van der Waals surface area contributed by atoms with Crippen molar-refractivity contribution in [2.45, 2.75) is 41.0 Å². The lowest BCUT2D eigenvalue weighted by molar-refractivity contribution is 0.224. The highest BCUT2D eigenvalue weighted by atomic mass is 16.5. The van der Waals surface area contributed by atoms with Crippen LogP contribution < -0.4 is 0 Å². The molecule has 0 rings (SSSR count). The van der Waals surface area contributed by atoms with Crippen LogP contribution in [0.2, 0.25) is 0 Å². The summed E-state index contributed by atoms with van der Waals surface area (Å²) in [6.07, 6.45) is 6.98. The van der Waals surface area contributed by atoms with Gasteiger partial charge in [-0.05, 0) is 32.4 Å². The molecule has 0 fully saturated rings. The molecule has 0 spiro atoms. The predicted molar refractivity (Wildman–Crippen MR) is 56.2 cm³/mol. The van der Waals surface area contributed by atoms with Gasteiger partial charge in [0.2, 0.25) is 0 Å². The molecule has 0 aliphatic carbocycles. The third kappa shape index (κ3) is 9.28. The monoisotopic (exact) mass is 170 g/mol. The van der Waals surface area contributed by atoms with E-state index in [1.165, 1.54) is 0 Å². The molecule has 1 nitrogen and oxygen atoms in total. The van der Waals surface area contributed by atoms with E-state index < -0.39 is 0 Å². The summed E-state index contributed by atoms with van der Waals surface area (Å²) in [5.74, 6) is 0.962. The van der Waals surface area contributed by atoms with Gasteiger partial charge < -0.3 is 4.74 Å². The SMILES string of the molecule is C/C=C\C(=C/C)OCCC.CC. The molecule has 0 saturated heterocycles. The minimum atomic E-state index is 0.810. The molecule has 0 radical (unpaired) electrons. The molecule has 0 saturated carbocycles. The molecule has 72 valence electrons. The van der Waals surface area contributed by atoms with Gasteiger partial charge in [0.25, 0.3) is 0 Å². The van der Waals surface area contributed by atoms with Gasteiger partial charge in [-0.3, -0.25) is 0 Å². The van der Waals surface area contributed by atoms with E-state index in [1.807, 2.05) is 45.9 Å². The number of hydrogen-bond acceptors (Lipinski definition) is 1. The van der Waals surface area contributed by atoms with Gasteiger partial charge in [0, 0.05) is 0 Å². The fourth-order valence-electron chi connectivity index (χ4n) is 0.612. The van der Waals surface area contributed by atoms with E-state index in [0.29, 0.717) is 0 Å². The molecule has 0 bridgehead atoms. The average molecular weight is 170 g/mol.